The van der Waals surface area contributed by atoms with E-state index in [0.29, 0.717) is 5.41 Å². The van der Waals surface area contributed by atoms with E-state index in [4.69, 9.17) is 6.42 Å². The molecule has 2 nitrogen and oxygen atoms in total. The second-order valence-electron chi connectivity index (χ2n) is 11.7. The summed E-state index contributed by atoms with van der Waals surface area (Å²) in [6.45, 7) is 3.17. The summed E-state index contributed by atoms with van der Waals surface area (Å²) in [6.07, 6.45) is 13.2. The van der Waals surface area contributed by atoms with E-state index in [1.54, 1.807) is 13.8 Å². The zero-order chi connectivity index (χ0) is 31.6. The first-order valence-electron chi connectivity index (χ1n) is 14.7. The van der Waals surface area contributed by atoms with Crippen LogP contribution in [0.5, 0.6) is 0 Å². The molecule has 0 atom stereocenters. The van der Waals surface area contributed by atoms with Crippen molar-refractivity contribution in [1.29, 1.82) is 0 Å². The summed E-state index contributed by atoms with van der Waals surface area (Å²) in [6, 6.07) is 16.0. The summed E-state index contributed by atoms with van der Waals surface area (Å²) >= 11 is 17.7. The van der Waals surface area contributed by atoms with Crippen LogP contribution in [-0.4, -0.2) is 37.7 Å². The van der Waals surface area contributed by atoms with Gasteiger partial charge in [-0.1, -0.05) is 41.3 Å². The Morgan fingerprint density at radius 2 is 1.02 bits per heavy atom. The number of benzene rings is 2. The Kier molecular flexibility index (Phi) is 12.2. The van der Waals surface area contributed by atoms with Crippen molar-refractivity contribution in [3.05, 3.63) is 57.7 Å². The molecule has 8 saturated heterocycles. The second-order valence-corrected chi connectivity index (χ2v) is 25.7. The topological polar surface area (TPSA) is 34.1 Å². The van der Waals surface area contributed by atoms with Crippen molar-refractivity contribution in [2.45, 2.75) is 89.7 Å². The maximum absolute atomic E-state index is 11.1. The summed E-state index contributed by atoms with van der Waals surface area (Å²) < 4.78 is 5.95. The van der Waals surface area contributed by atoms with Gasteiger partial charge in [0.1, 0.15) is 0 Å². The number of thioether (sulfide) groups is 8. The van der Waals surface area contributed by atoms with Gasteiger partial charge in [0.2, 0.25) is 0 Å². The molecule has 45 heavy (non-hydrogen) atoms. The molecule has 2 aromatic rings. The van der Waals surface area contributed by atoms with Crippen LogP contribution in [0.15, 0.2) is 58.3 Å². The Bertz CT molecular complexity index is 1440. The summed E-state index contributed by atoms with van der Waals surface area (Å²) in [5.41, 5.74) is 1.63. The number of hydrogen-bond acceptors (Lipinski definition) is 10. The fourth-order valence-electron chi connectivity index (χ4n) is 6.18. The van der Waals surface area contributed by atoms with Crippen LogP contribution < -0.4 is 0 Å². The zero-order valence-corrected chi connectivity index (χ0v) is 33.6. The van der Waals surface area contributed by atoms with Crippen molar-refractivity contribution < 1.29 is 9.59 Å². The molecule has 8 bridgehead atoms. The molecule has 0 unspecified atom stereocenters. The highest BCUT2D eigenvalue weighted by Gasteiger charge is 2.53. The summed E-state index contributed by atoms with van der Waals surface area (Å²) in [5, 5.41) is 0.256. The third kappa shape index (κ3) is 9.57. The minimum Gasteiger partial charge on any atom is -0.287 e. The van der Waals surface area contributed by atoms with Crippen LogP contribution >= 0.6 is 117 Å². The van der Waals surface area contributed by atoms with Crippen LogP contribution in [0.3, 0.4) is 0 Å². The maximum Gasteiger partial charge on any atom is 0.190 e. The van der Waals surface area contributed by atoms with E-state index in [1.165, 1.54) is 65.6 Å². The first-order chi connectivity index (χ1) is 21.6. The van der Waals surface area contributed by atoms with Crippen LogP contribution in [0.4, 0.5) is 0 Å². The quantitative estimate of drug-likeness (QED) is 0.165. The third-order valence-electron chi connectivity index (χ3n) is 8.14. The summed E-state index contributed by atoms with van der Waals surface area (Å²) in [7, 11) is 0. The second kappa shape index (κ2) is 15.5. The average Bonchev–Trinajstić information content (AvgIpc) is 2.97. The molecule has 8 heterocycles. The summed E-state index contributed by atoms with van der Waals surface area (Å²) in [4.78, 5) is 23.8. The lowest BCUT2D eigenvalue weighted by Crippen LogP contribution is -2.43. The highest BCUT2D eigenvalue weighted by Crippen LogP contribution is 2.67. The van der Waals surface area contributed by atoms with Crippen molar-refractivity contribution in [2.24, 2.45) is 10.8 Å². The van der Waals surface area contributed by atoms with Crippen molar-refractivity contribution in [1.82, 2.24) is 0 Å². The number of carbonyl (C=O) groups excluding carboxylic acids is 2. The first-order valence-corrected chi connectivity index (χ1v) is 23.1. The fourth-order valence-corrected chi connectivity index (χ4v) is 22.4. The Balaban J connectivity index is 0.000000131. The third-order valence-corrected chi connectivity index (χ3v) is 20.1. The molecule has 2 aromatic carbocycles. The summed E-state index contributed by atoms with van der Waals surface area (Å²) in [5.74, 6) is 10.1. The van der Waals surface area contributed by atoms with Gasteiger partial charge in [-0.15, -0.1) is 77.0 Å². The molecule has 0 amide bonds. The lowest BCUT2D eigenvalue weighted by Gasteiger charge is -2.53. The molecule has 11 heteroatoms. The van der Waals surface area contributed by atoms with Gasteiger partial charge < -0.3 is 0 Å². The van der Waals surface area contributed by atoms with Crippen molar-refractivity contribution >= 4 is 127 Å². The lowest BCUT2D eigenvalue weighted by molar-refractivity contribution is -0.109. The molecule has 0 spiro atoms. The van der Waals surface area contributed by atoms with E-state index < -0.39 is 0 Å². The number of rotatable bonds is 2. The van der Waals surface area contributed by atoms with Crippen LogP contribution in [0.25, 0.3) is 0 Å². The van der Waals surface area contributed by atoms with Crippen LogP contribution in [0, 0.1) is 38.6 Å². The molecule has 0 N–H and O–H groups in total. The van der Waals surface area contributed by atoms with Gasteiger partial charge >= 0.3 is 0 Å². The standard InChI is InChI=1S/C17H16OS4.C9H10S3.C8H7IOS/c1-11(18)19-13-4-2-12(3-5-13)6-7-17-8-14-20-15(9-17)22-16(10-17)21-14;1-2-9-3-6-10-7(4-9)12-8(5-9)11-6;1-6(10)11-8-4-2-7(9)3-5-8/h2-5,14-16H,8-10H2,1H3;1,6-8H,3-5H2;2-5H,1H3. The molecular weight excluding hydrogens is 824 g/mol. The van der Waals surface area contributed by atoms with E-state index in [1.807, 2.05) is 48.5 Å². The molecule has 0 aromatic heterocycles. The Labute approximate surface area is 315 Å². The zero-order valence-electron chi connectivity index (χ0n) is 24.9. The largest absolute Gasteiger partial charge is 0.287 e. The molecule has 10 rings (SSSR count). The van der Waals surface area contributed by atoms with Gasteiger partial charge in [-0.05, 0) is 110 Å². The van der Waals surface area contributed by atoms with E-state index in [9.17, 15) is 9.59 Å². The van der Waals surface area contributed by atoms with Crippen LogP contribution in [0.2, 0.25) is 0 Å². The van der Waals surface area contributed by atoms with Gasteiger partial charge in [0, 0.05) is 43.6 Å². The van der Waals surface area contributed by atoms with Gasteiger partial charge in [0.05, 0.1) is 27.5 Å². The predicted molar refractivity (Wildman–Crippen MR) is 215 cm³/mol. The Hall–Kier alpha value is 0.430. The number of hydrogen-bond donors (Lipinski definition) is 0. The first kappa shape index (κ1) is 35.3. The number of halogens is 1. The number of carbonyl (C=O) groups is 2. The van der Waals surface area contributed by atoms with E-state index in [-0.39, 0.29) is 15.6 Å². The van der Waals surface area contributed by atoms with Gasteiger partial charge in [0.25, 0.3) is 0 Å². The lowest BCUT2D eigenvalue weighted by atomic mass is 9.79. The normalized spacial score (nSPS) is 34.3. The SMILES string of the molecule is C#CC12CC3SC(C1)SC(C2)S3.CC(=O)Sc1ccc(C#CC23CC4SC(C2)SC(C3)S4)cc1.CC(=O)Sc1ccc(I)cc1. The van der Waals surface area contributed by atoms with Crippen LogP contribution in [0.1, 0.15) is 57.9 Å². The molecule has 8 fully saturated rings. The van der Waals surface area contributed by atoms with Gasteiger partial charge in [-0.2, -0.15) is 0 Å². The molecule has 0 saturated carbocycles. The highest BCUT2D eigenvalue weighted by molar-refractivity contribution is 14.1. The molecule has 236 valence electrons. The van der Waals surface area contributed by atoms with E-state index in [2.05, 4.69) is 111 Å². The van der Waals surface area contributed by atoms with Crippen molar-refractivity contribution in [3.8, 4) is 24.2 Å². The monoisotopic (exact) mass is 856 g/mol. The van der Waals surface area contributed by atoms with Crippen molar-refractivity contribution in [3.63, 3.8) is 0 Å². The fraction of sp³-hybridized carbons (Fsp3) is 0.471. The van der Waals surface area contributed by atoms with Crippen molar-refractivity contribution in [2.75, 3.05) is 0 Å². The molecule has 0 radical (unpaired) electrons. The highest BCUT2D eigenvalue weighted by atomic mass is 127. The molecule has 8 aliphatic heterocycles. The number of terminal acetylenes is 1. The Morgan fingerprint density at radius 3 is 1.38 bits per heavy atom. The smallest absolute Gasteiger partial charge is 0.190 e. The minimum absolute atomic E-state index is 0.125. The predicted octanol–water partition coefficient (Wildman–Crippen LogP) is 11.0. The average molecular weight is 857 g/mol. The molecule has 0 aliphatic carbocycles. The van der Waals surface area contributed by atoms with E-state index in [0.717, 1.165) is 42.8 Å². The minimum atomic E-state index is 0.125. The van der Waals surface area contributed by atoms with Gasteiger partial charge in [-0.3, -0.25) is 9.59 Å². The van der Waals surface area contributed by atoms with Crippen LogP contribution in [-0.2, 0) is 9.59 Å². The maximum atomic E-state index is 11.1. The van der Waals surface area contributed by atoms with Gasteiger partial charge in [-0.25, -0.2) is 0 Å². The Morgan fingerprint density at radius 1 is 0.667 bits per heavy atom. The van der Waals surface area contributed by atoms with E-state index >= 15 is 0 Å². The molecule has 8 aliphatic rings. The van der Waals surface area contributed by atoms with Gasteiger partial charge in [0.15, 0.2) is 10.2 Å². The molecular formula is C34H33IO2S8.